The van der Waals surface area contributed by atoms with Gasteiger partial charge in [0, 0.05) is 10.3 Å². The summed E-state index contributed by atoms with van der Waals surface area (Å²) in [6.07, 6.45) is 0. The molecule has 0 saturated carbocycles. The fourth-order valence-electron chi connectivity index (χ4n) is 1.19. The molecule has 0 aliphatic carbocycles. The van der Waals surface area contributed by atoms with E-state index in [0.717, 1.165) is 5.56 Å². The first kappa shape index (κ1) is 8.31. The summed E-state index contributed by atoms with van der Waals surface area (Å²) in [6.45, 7) is -0.0817. The van der Waals surface area contributed by atoms with Crippen LogP contribution in [0.25, 0.3) is 10.1 Å². The van der Waals surface area contributed by atoms with Gasteiger partial charge < -0.3 is 5.11 Å². The maximum absolute atomic E-state index is 8.53. The Morgan fingerprint density at radius 2 is 2.23 bits per heavy atom. The van der Waals surface area contributed by atoms with Crippen molar-refractivity contribution in [1.29, 1.82) is 0 Å². The van der Waals surface area contributed by atoms with Crippen LogP contribution in [0.15, 0.2) is 29.6 Å². The first-order valence-electron chi connectivity index (χ1n) is 3.97. The molecule has 1 heterocycles. The van der Waals surface area contributed by atoms with Crippen LogP contribution < -0.4 is 0 Å². The lowest BCUT2D eigenvalue weighted by atomic mass is 10.2. The SMILES string of the molecule is OCC#Cc1ccc2sccc2c1. The molecule has 1 aromatic heterocycles. The summed E-state index contributed by atoms with van der Waals surface area (Å²) in [5.41, 5.74) is 0.958. The van der Waals surface area contributed by atoms with E-state index in [0.29, 0.717) is 0 Å². The zero-order chi connectivity index (χ0) is 9.10. The Labute approximate surface area is 80.6 Å². The summed E-state index contributed by atoms with van der Waals surface area (Å²) < 4.78 is 1.27. The molecule has 1 nitrogen and oxygen atoms in total. The summed E-state index contributed by atoms with van der Waals surface area (Å²) in [5, 5.41) is 11.8. The minimum atomic E-state index is -0.0817. The van der Waals surface area contributed by atoms with Crippen molar-refractivity contribution >= 4 is 21.4 Å². The van der Waals surface area contributed by atoms with Crippen molar-refractivity contribution in [2.24, 2.45) is 0 Å². The third-order valence-electron chi connectivity index (χ3n) is 1.76. The topological polar surface area (TPSA) is 20.2 Å². The standard InChI is InChI=1S/C11H8OS/c12-6-1-2-9-3-4-11-10(8-9)5-7-13-11/h3-5,7-8,12H,6H2. The fraction of sp³-hybridized carbons (Fsp3) is 0.0909. The zero-order valence-electron chi connectivity index (χ0n) is 6.95. The summed E-state index contributed by atoms with van der Waals surface area (Å²) >= 11 is 1.72. The number of fused-ring (bicyclic) bond motifs is 1. The number of rotatable bonds is 0. The Bertz CT molecular complexity index is 473. The molecule has 0 amide bonds. The molecule has 0 fully saturated rings. The van der Waals surface area contributed by atoms with Gasteiger partial charge in [0.25, 0.3) is 0 Å². The van der Waals surface area contributed by atoms with E-state index in [9.17, 15) is 0 Å². The van der Waals surface area contributed by atoms with Gasteiger partial charge in [-0.25, -0.2) is 0 Å². The highest BCUT2D eigenvalue weighted by Gasteiger charge is 1.94. The molecule has 0 aliphatic heterocycles. The Morgan fingerprint density at radius 1 is 1.31 bits per heavy atom. The van der Waals surface area contributed by atoms with Gasteiger partial charge in [-0.1, -0.05) is 11.8 Å². The molecule has 13 heavy (non-hydrogen) atoms. The molecule has 0 radical (unpaired) electrons. The second-order valence-corrected chi connectivity index (χ2v) is 3.58. The molecule has 0 aliphatic rings. The normalized spacial score (nSPS) is 9.62. The highest BCUT2D eigenvalue weighted by Crippen LogP contribution is 2.21. The van der Waals surface area contributed by atoms with Crippen molar-refractivity contribution < 1.29 is 5.11 Å². The molecule has 64 valence electrons. The van der Waals surface area contributed by atoms with Gasteiger partial charge in [-0.3, -0.25) is 0 Å². The third-order valence-corrected chi connectivity index (χ3v) is 2.66. The van der Waals surface area contributed by atoms with Crippen LogP contribution in [0.1, 0.15) is 5.56 Å². The van der Waals surface area contributed by atoms with Crippen molar-refractivity contribution in [1.82, 2.24) is 0 Å². The maximum Gasteiger partial charge on any atom is 0.104 e. The van der Waals surface area contributed by atoms with Crippen LogP contribution in [0.3, 0.4) is 0 Å². The number of hydrogen-bond acceptors (Lipinski definition) is 2. The summed E-state index contributed by atoms with van der Waals surface area (Å²) in [7, 11) is 0. The molecule has 0 unspecified atom stereocenters. The minimum absolute atomic E-state index is 0.0817. The summed E-state index contributed by atoms with van der Waals surface area (Å²) in [6, 6.07) is 8.14. The second kappa shape index (κ2) is 3.61. The van der Waals surface area contributed by atoms with Crippen molar-refractivity contribution in [2.45, 2.75) is 0 Å². The maximum atomic E-state index is 8.53. The Morgan fingerprint density at radius 3 is 3.08 bits per heavy atom. The van der Waals surface area contributed by atoms with Crippen molar-refractivity contribution in [3.63, 3.8) is 0 Å². The summed E-state index contributed by atoms with van der Waals surface area (Å²) in [5.74, 6) is 5.51. The number of hydrogen-bond donors (Lipinski definition) is 1. The number of aliphatic hydroxyl groups excluding tert-OH is 1. The van der Waals surface area contributed by atoms with Crippen LogP contribution in [0.2, 0.25) is 0 Å². The number of thiophene rings is 1. The predicted octanol–water partition coefficient (Wildman–Crippen LogP) is 2.25. The van der Waals surface area contributed by atoms with E-state index < -0.39 is 0 Å². The lowest BCUT2D eigenvalue weighted by Crippen LogP contribution is -1.75. The molecule has 0 atom stereocenters. The van der Waals surface area contributed by atoms with E-state index in [-0.39, 0.29) is 6.61 Å². The van der Waals surface area contributed by atoms with Crippen molar-refractivity contribution in [3.05, 3.63) is 35.2 Å². The first-order valence-corrected chi connectivity index (χ1v) is 4.85. The third kappa shape index (κ3) is 1.72. The fourth-order valence-corrected chi connectivity index (χ4v) is 1.96. The summed E-state index contributed by atoms with van der Waals surface area (Å²) in [4.78, 5) is 0. The van der Waals surface area contributed by atoms with Gasteiger partial charge in [-0.05, 0) is 35.0 Å². The quantitative estimate of drug-likeness (QED) is 0.629. The zero-order valence-corrected chi connectivity index (χ0v) is 7.77. The van der Waals surface area contributed by atoms with Gasteiger partial charge in [0.1, 0.15) is 6.61 Å². The predicted molar refractivity (Wildman–Crippen MR) is 55.8 cm³/mol. The highest BCUT2D eigenvalue weighted by molar-refractivity contribution is 7.17. The van der Waals surface area contributed by atoms with Crippen LogP contribution >= 0.6 is 11.3 Å². The molecule has 0 bridgehead atoms. The van der Waals surface area contributed by atoms with E-state index in [1.165, 1.54) is 10.1 Å². The largest absolute Gasteiger partial charge is 0.384 e. The highest BCUT2D eigenvalue weighted by atomic mass is 32.1. The van der Waals surface area contributed by atoms with E-state index >= 15 is 0 Å². The van der Waals surface area contributed by atoms with Crippen LogP contribution in [0, 0.1) is 11.8 Å². The van der Waals surface area contributed by atoms with Crippen LogP contribution in [-0.4, -0.2) is 11.7 Å². The van der Waals surface area contributed by atoms with Gasteiger partial charge in [-0.2, -0.15) is 0 Å². The molecule has 0 saturated heterocycles. The molecular formula is C11H8OS. The lowest BCUT2D eigenvalue weighted by Gasteiger charge is -1.90. The van der Waals surface area contributed by atoms with Gasteiger partial charge in [0.05, 0.1) is 0 Å². The Hall–Kier alpha value is -1.30. The molecule has 0 spiro atoms. The van der Waals surface area contributed by atoms with Crippen molar-refractivity contribution in [3.8, 4) is 11.8 Å². The molecular weight excluding hydrogens is 180 g/mol. The Kier molecular flexibility index (Phi) is 2.31. The van der Waals surface area contributed by atoms with E-state index in [1.54, 1.807) is 11.3 Å². The van der Waals surface area contributed by atoms with Crippen LogP contribution in [0.5, 0.6) is 0 Å². The molecule has 1 N–H and O–H groups in total. The first-order chi connectivity index (χ1) is 6.40. The average Bonchev–Trinajstić information content (AvgIpc) is 2.61. The van der Waals surface area contributed by atoms with Crippen molar-refractivity contribution in [2.75, 3.05) is 6.61 Å². The van der Waals surface area contributed by atoms with E-state index in [2.05, 4.69) is 29.4 Å². The molecule has 2 aromatic rings. The number of aliphatic hydroxyl groups is 1. The Balaban J connectivity index is 2.48. The average molecular weight is 188 g/mol. The van der Waals surface area contributed by atoms with E-state index in [4.69, 9.17) is 5.11 Å². The second-order valence-electron chi connectivity index (χ2n) is 2.63. The van der Waals surface area contributed by atoms with Gasteiger partial charge in [-0.15, -0.1) is 11.3 Å². The van der Waals surface area contributed by atoms with Crippen LogP contribution in [0.4, 0.5) is 0 Å². The van der Waals surface area contributed by atoms with Gasteiger partial charge in [0.2, 0.25) is 0 Å². The van der Waals surface area contributed by atoms with E-state index in [1.807, 2.05) is 12.1 Å². The van der Waals surface area contributed by atoms with Crippen LogP contribution in [-0.2, 0) is 0 Å². The molecule has 1 aromatic carbocycles. The smallest absolute Gasteiger partial charge is 0.104 e. The minimum Gasteiger partial charge on any atom is -0.384 e. The van der Waals surface area contributed by atoms with Gasteiger partial charge >= 0.3 is 0 Å². The van der Waals surface area contributed by atoms with Gasteiger partial charge in [0.15, 0.2) is 0 Å². The lowest BCUT2D eigenvalue weighted by molar-refractivity contribution is 0.350. The monoisotopic (exact) mass is 188 g/mol. The molecule has 2 rings (SSSR count). The molecule has 2 heteroatoms. The number of benzene rings is 1.